The Kier molecular flexibility index (Phi) is 39.5. The van der Waals surface area contributed by atoms with Gasteiger partial charge in [-0.2, -0.15) is 0 Å². The highest BCUT2D eigenvalue weighted by Crippen LogP contribution is 2.38. The third-order valence-electron chi connectivity index (χ3n) is 9.45. The zero-order valence-electron chi connectivity index (χ0n) is 38.6. The average Bonchev–Trinajstić information content (AvgIpc) is 3.20. The first-order valence-corrected chi connectivity index (χ1v) is 24.7. The van der Waals surface area contributed by atoms with Gasteiger partial charge in [-0.05, 0) is 83.5 Å². The van der Waals surface area contributed by atoms with Gasteiger partial charge in [-0.1, -0.05) is 175 Å². The largest absolute Gasteiger partial charge is 0.756 e. The molecule has 0 saturated heterocycles. The van der Waals surface area contributed by atoms with Crippen LogP contribution in [0.5, 0.6) is 0 Å². The van der Waals surface area contributed by atoms with E-state index in [1.54, 1.807) is 6.08 Å². The van der Waals surface area contributed by atoms with Crippen molar-refractivity contribution in [2.75, 3.05) is 40.9 Å². The fourth-order valence-corrected chi connectivity index (χ4v) is 6.52. The number of rotatable bonds is 40. The zero-order valence-corrected chi connectivity index (χ0v) is 39.5. The minimum Gasteiger partial charge on any atom is -0.756 e. The molecule has 0 aromatic rings. The van der Waals surface area contributed by atoms with Crippen LogP contribution in [0.25, 0.3) is 0 Å². The number of nitrogens with one attached hydrogen (secondary N) is 1. The molecule has 0 rings (SSSR count). The van der Waals surface area contributed by atoms with Gasteiger partial charge >= 0.3 is 0 Å². The van der Waals surface area contributed by atoms with E-state index in [2.05, 4.69) is 116 Å². The molecule has 0 aromatic heterocycles. The van der Waals surface area contributed by atoms with Crippen molar-refractivity contribution in [1.29, 1.82) is 0 Å². The van der Waals surface area contributed by atoms with E-state index in [9.17, 15) is 19.4 Å². The number of carbonyl (C=O) groups is 1. The maximum absolute atomic E-state index is 12.8. The fraction of sp³-hybridized carbons (Fsp3) is 0.627. The van der Waals surface area contributed by atoms with Crippen LogP contribution in [0.4, 0.5) is 0 Å². The van der Waals surface area contributed by atoms with E-state index in [0.29, 0.717) is 17.4 Å². The van der Waals surface area contributed by atoms with E-state index in [-0.39, 0.29) is 12.5 Å². The van der Waals surface area contributed by atoms with Gasteiger partial charge in [0.2, 0.25) is 5.91 Å². The summed E-state index contributed by atoms with van der Waals surface area (Å²) < 4.78 is 23.0. The number of phosphoric ester groups is 1. The van der Waals surface area contributed by atoms with E-state index < -0.39 is 26.6 Å². The van der Waals surface area contributed by atoms with E-state index in [1.165, 1.54) is 32.1 Å². The molecular weight excluding hydrogens is 768 g/mol. The van der Waals surface area contributed by atoms with E-state index >= 15 is 0 Å². The van der Waals surface area contributed by atoms with Crippen LogP contribution in [0.2, 0.25) is 0 Å². The number of quaternary nitrogens is 1. The SMILES string of the molecule is CC/C=C\C/C=C\C/C=C\C/C=C\C/C=C\C/C=C\C/C=C\CCCCCCCCCCCC(=O)NC(COP(=O)([O-])OCC[N+](C)(C)C)C(O)/C=C/CC/C=C/CCC. The van der Waals surface area contributed by atoms with Crippen LogP contribution in [0, 0.1) is 0 Å². The Morgan fingerprint density at radius 2 is 1.03 bits per heavy atom. The Balaban J connectivity index is 4.11. The Labute approximate surface area is 368 Å². The maximum Gasteiger partial charge on any atom is 0.268 e. The van der Waals surface area contributed by atoms with Gasteiger partial charge in [-0.3, -0.25) is 9.36 Å². The van der Waals surface area contributed by atoms with E-state index in [1.807, 2.05) is 27.2 Å². The van der Waals surface area contributed by atoms with Crippen molar-refractivity contribution < 1.29 is 32.9 Å². The number of allylic oxidation sites excluding steroid dienone is 17. The van der Waals surface area contributed by atoms with E-state index in [0.717, 1.165) is 103 Å². The number of aliphatic hydroxyl groups is 1. The molecule has 342 valence electrons. The summed E-state index contributed by atoms with van der Waals surface area (Å²) in [5, 5.41) is 13.6. The number of hydrogen-bond acceptors (Lipinski definition) is 6. The molecule has 2 N–H and O–H groups in total. The van der Waals surface area contributed by atoms with Gasteiger partial charge in [-0.15, -0.1) is 0 Å². The molecule has 0 aliphatic rings. The minimum atomic E-state index is -4.59. The summed E-state index contributed by atoms with van der Waals surface area (Å²) in [5.74, 6) is -0.225. The molecule has 1 amide bonds. The summed E-state index contributed by atoms with van der Waals surface area (Å²) >= 11 is 0. The first-order valence-electron chi connectivity index (χ1n) is 23.2. The molecule has 60 heavy (non-hydrogen) atoms. The Morgan fingerprint density at radius 1 is 0.600 bits per heavy atom. The lowest BCUT2D eigenvalue weighted by Crippen LogP contribution is -2.45. The maximum atomic E-state index is 12.8. The summed E-state index contributed by atoms with van der Waals surface area (Å²) in [6.45, 7) is 4.36. The van der Waals surface area contributed by atoms with Crippen LogP contribution in [-0.2, 0) is 18.4 Å². The standard InChI is InChI=1S/C51H87N2O6P/c1-6-8-10-12-14-15-16-17-18-19-20-21-22-23-24-25-26-27-28-29-30-31-32-33-34-35-36-37-39-41-43-45-51(55)52-49(50(54)44-42-40-38-13-11-9-7-2)48-59-60(56,57)58-47-46-53(3,4)5/h8,10-11,13-15,17-18,20-21,23-24,26-27,29-30,42,44,49-50,54H,6-7,9,12,16,19,22,25,28,31-41,43,45-48H2,1-5H3,(H-,52,55,56,57)/b10-8-,13-11+,15-14-,18-17-,21-20-,24-23-,27-26-,30-29-,44-42+. The quantitative estimate of drug-likeness (QED) is 0.0275. The van der Waals surface area contributed by atoms with Gasteiger partial charge in [0.25, 0.3) is 7.82 Å². The van der Waals surface area contributed by atoms with Crippen LogP contribution in [-0.4, -0.2) is 68.5 Å². The number of likely N-dealkylation sites (N-methyl/N-ethyl adjacent to an activating group) is 1. The molecule has 8 nitrogen and oxygen atoms in total. The Morgan fingerprint density at radius 3 is 1.53 bits per heavy atom. The molecule has 0 bridgehead atoms. The predicted molar refractivity (Wildman–Crippen MR) is 256 cm³/mol. The van der Waals surface area contributed by atoms with Crippen molar-refractivity contribution in [3.8, 4) is 0 Å². The molecule has 3 atom stereocenters. The number of hydrogen-bond donors (Lipinski definition) is 2. The first-order chi connectivity index (χ1) is 29.0. The monoisotopic (exact) mass is 855 g/mol. The normalized spacial score (nSPS) is 15.2. The second-order valence-corrected chi connectivity index (χ2v) is 17.8. The number of phosphoric acid groups is 1. The van der Waals surface area contributed by atoms with Gasteiger partial charge in [0.1, 0.15) is 13.2 Å². The number of nitrogens with zero attached hydrogens (tertiary/aromatic N) is 1. The number of carbonyl (C=O) groups excluding carboxylic acids is 1. The minimum absolute atomic E-state index is 0.0141. The molecule has 0 heterocycles. The van der Waals surface area contributed by atoms with Gasteiger partial charge in [-0.25, -0.2) is 0 Å². The summed E-state index contributed by atoms with van der Waals surface area (Å²) in [5.41, 5.74) is 0. The number of aliphatic hydroxyl groups excluding tert-OH is 1. The van der Waals surface area contributed by atoms with Crippen molar-refractivity contribution in [3.05, 3.63) is 109 Å². The van der Waals surface area contributed by atoms with Crippen LogP contribution in [0.15, 0.2) is 109 Å². The second-order valence-electron chi connectivity index (χ2n) is 16.4. The molecular formula is C51H87N2O6P. The highest BCUT2D eigenvalue weighted by atomic mass is 31.2. The first kappa shape index (κ1) is 57.2. The molecule has 0 aliphatic heterocycles. The topological polar surface area (TPSA) is 108 Å². The van der Waals surface area contributed by atoms with Crippen molar-refractivity contribution in [1.82, 2.24) is 5.32 Å². The summed E-state index contributed by atoms with van der Waals surface area (Å²) in [4.78, 5) is 25.2. The van der Waals surface area contributed by atoms with E-state index in [4.69, 9.17) is 9.05 Å². The van der Waals surface area contributed by atoms with Gasteiger partial charge in [0.05, 0.1) is 39.9 Å². The van der Waals surface area contributed by atoms with Crippen LogP contribution in [0.1, 0.15) is 155 Å². The average molecular weight is 855 g/mol. The molecule has 0 fully saturated rings. The van der Waals surface area contributed by atoms with Crippen molar-refractivity contribution in [2.24, 2.45) is 0 Å². The highest BCUT2D eigenvalue weighted by Gasteiger charge is 2.23. The molecule has 0 spiro atoms. The third kappa shape index (κ3) is 43.3. The van der Waals surface area contributed by atoms with Gasteiger partial charge in [0, 0.05) is 6.42 Å². The predicted octanol–water partition coefficient (Wildman–Crippen LogP) is 12.7. The lowest BCUT2D eigenvalue weighted by Gasteiger charge is -2.29. The van der Waals surface area contributed by atoms with Gasteiger partial charge in [0.15, 0.2) is 0 Å². The molecule has 9 heteroatoms. The van der Waals surface area contributed by atoms with Crippen molar-refractivity contribution in [3.63, 3.8) is 0 Å². The summed E-state index contributed by atoms with van der Waals surface area (Å²) in [7, 11) is 1.21. The molecule has 0 aliphatic carbocycles. The molecule has 0 radical (unpaired) electrons. The molecule has 3 unspecified atom stereocenters. The van der Waals surface area contributed by atoms with Gasteiger partial charge < -0.3 is 28.8 Å². The highest BCUT2D eigenvalue weighted by molar-refractivity contribution is 7.45. The molecule has 0 saturated carbocycles. The lowest BCUT2D eigenvalue weighted by molar-refractivity contribution is -0.870. The Hall–Kier alpha value is -2.84. The van der Waals surface area contributed by atoms with Crippen molar-refractivity contribution >= 4 is 13.7 Å². The second kappa shape index (κ2) is 41.5. The lowest BCUT2D eigenvalue weighted by atomic mass is 10.1. The summed E-state index contributed by atoms with van der Waals surface area (Å²) in [6.07, 6.45) is 60.4. The number of amides is 1. The van der Waals surface area contributed by atoms with Crippen LogP contribution >= 0.6 is 7.82 Å². The third-order valence-corrected chi connectivity index (χ3v) is 10.4. The number of unbranched alkanes of at least 4 members (excludes halogenated alkanes) is 11. The smallest absolute Gasteiger partial charge is 0.268 e. The summed E-state index contributed by atoms with van der Waals surface area (Å²) in [6, 6.07) is -0.910. The Bertz CT molecular complexity index is 1340. The zero-order chi connectivity index (χ0) is 44.3. The van der Waals surface area contributed by atoms with Crippen molar-refractivity contribution in [2.45, 2.75) is 167 Å². The molecule has 0 aromatic carbocycles. The fourth-order valence-electron chi connectivity index (χ4n) is 5.80. The van der Waals surface area contributed by atoms with Crippen LogP contribution in [0.3, 0.4) is 0 Å². The van der Waals surface area contributed by atoms with Crippen LogP contribution < -0.4 is 10.2 Å².